The van der Waals surface area contributed by atoms with Gasteiger partial charge in [0.05, 0.1) is 11.8 Å². The standard InChI is InChI=1S/C21H34N2O2/c1-8-16-10-12-18-17(13-16)21(5,6)15(4)25-23(18)19(20(24)22-7)11-9-14(2)3/h10,12-15,19H,8-9,11H2,1-7H3,(H,22,24). The van der Waals surface area contributed by atoms with Crippen LogP contribution in [0.3, 0.4) is 0 Å². The van der Waals surface area contributed by atoms with Crippen LogP contribution >= 0.6 is 0 Å². The highest BCUT2D eigenvalue weighted by Gasteiger charge is 2.42. The molecule has 0 radical (unpaired) electrons. The number of hydrogen-bond donors (Lipinski definition) is 1. The molecule has 25 heavy (non-hydrogen) atoms. The Labute approximate surface area is 152 Å². The van der Waals surface area contributed by atoms with Gasteiger partial charge >= 0.3 is 0 Å². The number of likely N-dealkylation sites (N-methyl/N-ethyl adjacent to an activating group) is 1. The Kier molecular flexibility index (Phi) is 6.15. The molecule has 1 aliphatic heterocycles. The summed E-state index contributed by atoms with van der Waals surface area (Å²) in [4.78, 5) is 18.9. The molecule has 2 unspecified atom stereocenters. The number of benzene rings is 1. The lowest BCUT2D eigenvalue weighted by atomic mass is 9.77. The van der Waals surface area contributed by atoms with Crippen molar-refractivity contribution in [2.24, 2.45) is 5.92 Å². The lowest BCUT2D eigenvalue weighted by molar-refractivity contribution is -0.126. The Bertz CT molecular complexity index is 610. The Morgan fingerprint density at radius 2 is 2.00 bits per heavy atom. The van der Waals surface area contributed by atoms with Gasteiger partial charge in [-0.05, 0) is 49.3 Å². The van der Waals surface area contributed by atoms with Crippen molar-refractivity contribution in [3.8, 4) is 0 Å². The molecule has 140 valence electrons. The number of hydroxylamine groups is 1. The summed E-state index contributed by atoms with van der Waals surface area (Å²) in [6, 6.07) is 6.24. The third-order valence-corrected chi connectivity index (χ3v) is 5.54. The van der Waals surface area contributed by atoms with Crippen molar-refractivity contribution in [1.82, 2.24) is 5.32 Å². The number of anilines is 1. The first-order valence-electron chi connectivity index (χ1n) is 9.53. The average molecular weight is 347 g/mol. The summed E-state index contributed by atoms with van der Waals surface area (Å²) in [7, 11) is 1.70. The van der Waals surface area contributed by atoms with E-state index >= 15 is 0 Å². The molecular weight excluding hydrogens is 312 g/mol. The van der Waals surface area contributed by atoms with E-state index in [-0.39, 0.29) is 23.5 Å². The van der Waals surface area contributed by atoms with E-state index in [1.54, 1.807) is 7.05 Å². The van der Waals surface area contributed by atoms with Gasteiger partial charge < -0.3 is 5.32 Å². The number of nitrogens with zero attached hydrogens (tertiary/aromatic N) is 1. The molecule has 1 aliphatic rings. The minimum atomic E-state index is -0.308. The molecule has 0 saturated carbocycles. The SMILES string of the molecule is CCc1ccc2c(c1)C(C)(C)C(C)ON2C(CCC(C)C)C(=O)NC. The van der Waals surface area contributed by atoms with Crippen molar-refractivity contribution in [3.05, 3.63) is 29.3 Å². The normalized spacial score (nSPS) is 20.3. The first-order valence-corrected chi connectivity index (χ1v) is 9.53. The van der Waals surface area contributed by atoms with Crippen LogP contribution in [0.2, 0.25) is 0 Å². The summed E-state index contributed by atoms with van der Waals surface area (Å²) in [5.74, 6) is 0.561. The number of rotatable bonds is 6. The predicted molar refractivity (Wildman–Crippen MR) is 104 cm³/mol. The second-order valence-electron chi connectivity index (χ2n) is 8.10. The third kappa shape index (κ3) is 4.00. The summed E-state index contributed by atoms with van der Waals surface area (Å²) >= 11 is 0. The van der Waals surface area contributed by atoms with Gasteiger partial charge in [0.1, 0.15) is 6.04 Å². The molecule has 0 fully saturated rings. The molecule has 1 aromatic carbocycles. The highest BCUT2D eigenvalue weighted by molar-refractivity contribution is 5.85. The maximum Gasteiger partial charge on any atom is 0.245 e. The smallest absolute Gasteiger partial charge is 0.245 e. The average Bonchev–Trinajstić information content (AvgIpc) is 2.58. The van der Waals surface area contributed by atoms with E-state index in [0.717, 1.165) is 24.9 Å². The quantitative estimate of drug-likeness (QED) is 0.838. The van der Waals surface area contributed by atoms with E-state index in [2.05, 4.69) is 65.1 Å². The van der Waals surface area contributed by atoms with Crippen molar-refractivity contribution in [3.63, 3.8) is 0 Å². The fraction of sp³-hybridized carbons (Fsp3) is 0.667. The van der Waals surface area contributed by atoms with E-state index in [9.17, 15) is 4.79 Å². The number of aryl methyl sites for hydroxylation is 1. The minimum absolute atomic E-state index is 0.00156. The van der Waals surface area contributed by atoms with Crippen molar-refractivity contribution in [2.75, 3.05) is 12.1 Å². The molecule has 0 bridgehead atoms. The largest absolute Gasteiger partial charge is 0.357 e. The molecule has 1 heterocycles. The van der Waals surface area contributed by atoms with E-state index < -0.39 is 0 Å². The third-order valence-electron chi connectivity index (χ3n) is 5.54. The Hall–Kier alpha value is -1.55. The molecule has 1 amide bonds. The van der Waals surface area contributed by atoms with Crippen LogP contribution in [0.1, 0.15) is 65.5 Å². The van der Waals surface area contributed by atoms with Crippen LogP contribution in [0.15, 0.2) is 18.2 Å². The van der Waals surface area contributed by atoms with Gasteiger partial charge in [0, 0.05) is 12.5 Å². The molecule has 4 nitrogen and oxygen atoms in total. The van der Waals surface area contributed by atoms with Crippen molar-refractivity contribution < 1.29 is 9.63 Å². The number of hydrogen-bond acceptors (Lipinski definition) is 3. The molecule has 0 aromatic heterocycles. The van der Waals surface area contributed by atoms with Gasteiger partial charge in [-0.3, -0.25) is 9.63 Å². The van der Waals surface area contributed by atoms with Gasteiger partial charge in [0.25, 0.3) is 0 Å². The lowest BCUT2D eigenvalue weighted by Gasteiger charge is -2.46. The minimum Gasteiger partial charge on any atom is -0.357 e. The van der Waals surface area contributed by atoms with E-state index in [0.29, 0.717) is 5.92 Å². The van der Waals surface area contributed by atoms with Gasteiger partial charge in [0.15, 0.2) is 0 Å². The molecule has 0 saturated heterocycles. The summed E-state index contributed by atoms with van der Waals surface area (Å²) in [6.07, 6.45) is 2.76. The first kappa shape index (κ1) is 19.8. The van der Waals surface area contributed by atoms with Crippen LogP contribution < -0.4 is 10.4 Å². The van der Waals surface area contributed by atoms with Gasteiger partial charge in [-0.25, -0.2) is 5.06 Å². The van der Waals surface area contributed by atoms with Crippen LogP contribution in [0, 0.1) is 5.92 Å². The van der Waals surface area contributed by atoms with Gasteiger partial charge in [-0.2, -0.15) is 0 Å². The lowest BCUT2D eigenvalue weighted by Crippen LogP contribution is -2.53. The molecular formula is C21H34N2O2. The highest BCUT2D eigenvalue weighted by Crippen LogP contribution is 2.43. The van der Waals surface area contributed by atoms with Crippen LogP contribution in [0.25, 0.3) is 0 Å². The van der Waals surface area contributed by atoms with Gasteiger partial charge in [-0.15, -0.1) is 0 Å². The topological polar surface area (TPSA) is 41.6 Å². The van der Waals surface area contributed by atoms with Crippen LogP contribution in [-0.2, 0) is 21.5 Å². The second kappa shape index (κ2) is 7.77. The molecule has 2 rings (SSSR count). The molecule has 1 aromatic rings. The van der Waals surface area contributed by atoms with Crippen molar-refractivity contribution >= 4 is 11.6 Å². The fourth-order valence-corrected chi connectivity index (χ4v) is 3.34. The number of carbonyl (C=O) groups is 1. The van der Waals surface area contributed by atoms with E-state index in [1.165, 1.54) is 11.1 Å². The molecule has 0 spiro atoms. The molecule has 1 N–H and O–H groups in total. The number of fused-ring (bicyclic) bond motifs is 1. The van der Waals surface area contributed by atoms with E-state index in [4.69, 9.17) is 4.84 Å². The highest BCUT2D eigenvalue weighted by atomic mass is 16.7. The summed E-state index contributed by atoms with van der Waals surface area (Å²) in [5, 5.41) is 4.68. The summed E-state index contributed by atoms with van der Waals surface area (Å²) in [6.45, 7) is 13.1. The monoisotopic (exact) mass is 346 g/mol. The zero-order chi connectivity index (χ0) is 18.8. The number of amides is 1. The Morgan fingerprint density at radius 1 is 1.32 bits per heavy atom. The Balaban J connectivity index is 2.48. The van der Waals surface area contributed by atoms with Crippen LogP contribution in [-0.4, -0.2) is 25.1 Å². The van der Waals surface area contributed by atoms with Gasteiger partial charge in [-0.1, -0.05) is 46.8 Å². The van der Waals surface area contributed by atoms with Crippen molar-refractivity contribution in [2.45, 2.75) is 78.4 Å². The number of nitrogens with one attached hydrogen (secondary N) is 1. The van der Waals surface area contributed by atoms with Crippen molar-refractivity contribution in [1.29, 1.82) is 0 Å². The summed E-state index contributed by atoms with van der Waals surface area (Å²) < 4.78 is 0. The zero-order valence-electron chi connectivity index (χ0n) is 16.8. The predicted octanol–water partition coefficient (Wildman–Crippen LogP) is 4.22. The van der Waals surface area contributed by atoms with Crippen LogP contribution in [0.5, 0.6) is 0 Å². The van der Waals surface area contributed by atoms with E-state index in [1.807, 2.05) is 5.06 Å². The maximum absolute atomic E-state index is 12.6. The molecule has 2 atom stereocenters. The van der Waals surface area contributed by atoms with Crippen LogP contribution in [0.4, 0.5) is 5.69 Å². The first-order chi connectivity index (χ1) is 11.7. The second-order valence-corrected chi connectivity index (χ2v) is 8.10. The van der Waals surface area contributed by atoms with Gasteiger partial charge in [0.2, 0.25) is 5.91 Å². The zero-order valence-corrected chi connectivity index (χ0v) is 16.8. The molecule has 4 heteroatoms. The number of carbonyl (C=O) groups excluding carboxylic acids is 1. The Morgan fingerprint density at radius 3 is 2.56 bits per heavy atom. The maximum atomic E-state index is 12.6. The molecule has 0 aliphatic carbocycles. The summed E-state index contributed by atoms with van der Waals surface area (Å²) in [5.41, 5.74) is 3.52. The fourth-order valence-electron chi connectivity index (χ4n) is 3.34.